The summed E-state index contributed by atoms with van der Waals surface area (Å²) >= 11 is 0. The first-order valence-electron chi connectivity index (χ1n) is 7.51. The van der Waals surface area contributed by atoms with Gasteiger partial charge in [-0.3, -0.25) is 0 Å². The smallest absolute Gasteiger partial charge is 0.244 e. The van der Waals surface area contributed by atoms with E-state index >= 15 is 0 Å². The molecule has 25 heavy (non-hydrogen) atoms. The van der Waals surface area contributed by atoms with Crippen LogP contribution in [-0.4, -0.2) is 21.7 Å². The van der Waals surface area contributed by atoms with Gasteiger partial charge in [-0.1, -0.05) is 18.2 Å². The van der Waals surface area contributed by atoms with E-state index < -0.39 is 11.6 Å². The second-order valence-electron chi connectivity index (χ2n) is 5.19. The van der Waals surface area contributed by atoms with Crippen LogP contribution in [0.15, 0.2) is 48.7 Å². The minimum atomic E-state index is -0.732. The maximum absolute atomic E-state index is 13.6. The van der Waals surface area contributed by atoms with E-state index in [4.69, 9.17) is 0 Å². The molecule has 2 aromatic carbocycles. The number of halogens is 3. The van der Waals surface area contributed by atoms with Crippen LogP contribution in [0.4, 0.5) is 30.6 Å². The molecule has 0 amide bonds. The first-order chi connectivity index (χ1) is 12.1. The van der Waals surface area contributed by atoms with E-state index in [0.29, 0.717) is 13.0 Å². The Bertz CT molecular complexity index is 835. The zero-order valence-corrected chi connectivity index (χ0v) is 13.0. The van der Waals surface area contributed by atoms with Gasteiger partial charge in [-0.15, -0.1) is 5.10 Å². The lowest BCUT2D eigenvalue weighted by molar-refractivity contribution is 0.590. The van der Waals surface area contributed by atoms with E-state index in [2.05, 4.69) is 25.8 Å². The summed E-state index contributed by atoms with van der Waals surface area (Å²) in [5.74, 6) is -1.38. The van der Waals surface area contributed by atoms with Crippen molar-refractivity contribution < 1.29 is 13.2 Å². The highest BCUT2D eigenvalue weighted by Crippen LogP contribution is 2.21. The first kappa shape index (κ1) is 16.7. The molecule has 1 aromatic heterocycles. The third-order valence-corrected chi connectivity index (χ3v) is 3.38. The molecule has 128 valence electrons. The van der Waals surface area contributed by atoms with E-state index in [1.807, 2.05) is 0 Å². The molecule has 0 fully saturated rings. The molecule has 1 heterocycles. The summed E-state index contributed by atoms with van der Waals surface area (Å²) in [4.78, 5) is 4.11. The molecule has 0 aliphatic rings. The number of rotatable bonds is 6. The second-order valence-corrected chi connectivity index (χ2v) is 5.19. The maximum atomic E-state index is 13.6. The normalized spacial score (nSPS) is 10.5. The van der Waals surface area contributed by atoms with Crippen molar-refractivity contribution in [2.24, 2.45) is 0 Å². The third-order valence-electron chi connectivity index (χ3n) is 3.38. The highest BCUT2D eigenvalue weighted by molar-refractivity contribution is 5.57. The number of aromatic nitrogens is 3. The van der Waals surface area contributed by atoms with E-state index in [1.165, 1.54) is 24.4 Å². The predicted molar refractivity (Wildman–Crippen MR) is 88.1 cm³/mol. The van der Waals surface area contributed by atoms with Crippen molar-refractivity contribution in [1.29, 1.82) is 0 Å². The van der Waals surface area contributed by atoms with Crippen LogP contribution in [0.3, 0.4) is 0 Å². The maximum Gasteiger partial charge on any atom is 0.244 e. The van der Waals surface area contributed by atoms with E-state index in [-0.39, 0.29) is 23.3 Å². The van der Waals surface area contributed by atoms with Gasteiger partial charge in [-0.05, 0) is 36.2 Å². The van der Waals surface area contributed by atoms with E-state index in [1.54, 1.807) is 12.1 Å². The first-order valence-corrected chi connectivity index (χ1v) is 7.51. The standard InChI is InChI=1S/C17H14F3N5/c18-12-6-4-11(5-7-12)8-9-21-17-24-15(10-22-25-17)23-16-13(19)2-1-3-14(16)20/h1-7,10H,8-9H2,(H2,21,23,24,25). The third kappa shape index (κ3) is 4.43. The van der Waals surface area contributed by atoms with Crippen molar-refractivity contribution in [3.8, 4) is 0 Å². The van der Waals surface area contributed by atoms with Crippen LogP contribution in [0.1, 0.15) is 5.56 Å². The number of para-hydroxylation sites is 1. The van der Waals surface area contributed by atoms with Gasteiger partial charge in [0.2, 0.25) is 5.95 Å². The van der Waals surface area contributed by atoms with Crippen LogP contribution in [0, 0.1) is 17.5 Å². The zero-order chi connectivity index (χ0) is 17.6. The van der Waals surface area contributed by atoms with Gasteiger partial charge in [-0.25, -0.2) is 13.2 Å². The minimum Gasteiger partial charge on any atom is -0.353 e. The number of hydrogen-bond acceptors (Lipinski definition) is 5. The molecule has 0 aliphatic heterocycles. The molecule has 0 bridgehead atoms. The van der Waals surface area contributed by atoms with Gasteiger partial charge < -0.3 is 10.6 Å². The van der Waals surface area contributed by atoms with Crippen LogP contribution in [0.2, 0.25) is 0 Å². The summed E-state index contributed by atoms with van der Waals surface area (Å²) < 4.78 is 40.1. The lowest BCUT2D eigenvalue weighted by atomic mass is 10.1. The fourth-order valence-corrected chi connectivity index (χ4v) is 2.15. The van der Waals surface area contributed by atoms with E-state index in [0.717, 1.165) is 17.7 Å². The quantitative estimate of drug-likeness (QED) is 0.713. The molecule has 8 heteroatoms. The topological polar surface area (TPSA) is 62.7 Å². The molecule has 0 saturated heterocycles. The molecule has 0 saturated carbocycles. The lowest BCUT2D eigenvalue weighted by Gasteiger charge is -2.09. The SMILES string of the molecule is Fc1ccc(CCNc2nncc(Nc3c(F)cccc3F)n2)cc1. The summed E-state index contributed by atoms with van der Waals surface area (Å²) in [5, 5.41) is 13.1. The molecule has 0 unspecified atom stereocenters. The summed E-state index contributed by atoms with van der Waals surface area (Å²) in [6, 6.07) is 9.71. The average molecular weight is 345 g/mol. The van der Waals surface area contributed by atoms with Crippen molar-refractivity contribution in [3.05, 3.63) is 71.7 Å². The number of hydrogen-bond donors (Lipinski definition) is 2. The van der Waals surface area contributed by atoms with Crippen molar-refractivity contribution in [3.63, 3.8) is 0 Å². The summed E-state index contributed by atoms with van der Waals surface area (Å²) in [5.41, 5.74) is 0.643. The Hall–Kier alpha value is -3.16. The Balaban J connectivity index is 1.62. The fraction of sp³-hybridized carbons (Fsp3) is 0.118. The van der Waals surface area contributed by atoms with Crippen LogP contribution < -0.4 is 10.6 Å². The van der Waals surface area contributed by atoms with Crippen molar-refractivity contribution in [2.45, 2.75) is 6.42 Å². The van der Waals surface area contributed by atoms with Crippen LogP contribution in [0.5, 0.6) is 0 Å². The monoisotopic (exact) mass is 345 g/mol. The number of anilines is 3. The van der Waals surface area contributed by atoms with Gasteiger partial charge in [0.25, 0.3) is 0 Å². The molecule has 5 nitrogen and oxygen atoms in total. The van der Waals surface area contributed by atoms with Gasteiger partial charge in [0.1, 0.15) is 23.1 Å². The van der Waals surface area contributed by atoms with Crippen LogP contribution >= 0.6 is 0 Å². The van der Waals surface area contributed by atoms with Crippen LogP contribution in [-0.2, 0) is 6.42 Å². The minimum absolute atomic E-state index is 0.156. The van der Waals surface area contributed by atoms with Gasteiger partial charge in [0.05, 0.1) is 6.20 Å². The molecule has 3 rings (SSSR count). The van der Waals surface area contributed by atoms with Gasteiger partial charge in [0.15, 0.2) is 5.82 Å². The summed E-state index contributed by atoms with van der Waals surface area (Å²) in [7, 11) is 0. The molecular formula is C17H14F3N5. The Morgan fingerprint density at radius 2 is 1.64 bits per heavy atom. The fourth-order valence-electron chi connectivity index (χ4n) is 2.15. The average Bonchev–Trinajstić information content (AvgIpc) is 2.60. The molecule has 0 spiro atoms. The number of nitrogens with zero attached hydrogens (tertiary/aromatic N) is 3. The number of nitrogens with one attached hydrogen (secondary N) is 2. The van der Waals surface area contributed by atoms with E-state index in [9.17, 15) is 13.2 Å². The van der Waals surface area contributed by atoms with Crippen molar-refractivity contribution in [1.82, 2.24) is 15.2 Å². The second kappa shape index (κ2) is 7.61. The Labute approximate surface area is 141 Å². The summed E-state index contributed by atoms with van der Waals surface area (Å²) in [6.07, 6.45) is 1.89. The largest absolute Gasteiger partial charge is 0.353 e. The van der Waals surface area contributed by atoms with Crippen molar-refractivity contribution in [2.75, 3.05) is 17.2 Å². The Morgan fingerprint density at radius 3 is 2.36 bits per heavy atom. The Morgan fingerprint density at radius 1 is 0.920 bits per heavy atom. The number of benzene rings is 2. The zero-order valence-electron chi connectivity index (χ0n) is 13.0. The Kier molecular flexibility index (Phi) is 5.08. The highest BCUT2D eigenvalue weighted by Gasteiger charge is 2.10. The highest BCUT2D eigenvalue weighted by atomic mass is 19.1. The molecule has 0 aliphatic carbocycles. The molecule has 0 radical (unpaired) electrons. The van der Waals surface area contributed by atoms with Gasteiger partial charge in [-0.2, -0.15) is 10.1 Å². The lowest BCUT2D eigenvalue weighted by Crippen LogP contribution is -2.10. The summed E-state index contributed by atoms with van der Waals surface area (Å²) in [6.45, 7) is 0.491. The molecular weight excluding hydrogens is 331 g/mol. The van der Waals surface area contributed by atoms with Crippen molar-refractivity contribution >= 4 is 17.5 Å². The molecule has 3 aromatic rings. The molecule has 2 N–H and O–H groups in total. The molecule has 0 atom stereocenters. The predicted octanol–water partition coefficient (Wildman–Crippen LogP) is 3.69. The van der Waals surface area contributed by atoms with Gasteiger partial charge >= 0.3 is 0 Å². The van der Waals surface area contributed by atoms with Crippen LogP contribution in [0.25, 0.3) is 0 Å². The van der Waals surface area contributed by atoms with Gasteiger partial charge in [0, 0.05) is 6.54 Å².